The quantitative estimate of drug-likeness (QED) is 0.761. The lowest BCUT2D eigenvalue weighted by atomic mass is 10.3. The van der Waals surface area contributed by atoms with Crippen molar-refractivity contribution in [3.63, 3.8) is 0 Å². The summed E-state index contributed by atoms with van der Waals surface area (Å²) in [5, 5.41) is 11.0. The number of anilines is 1. The van der Waals surface area contributed by atoms with E-state index in [0.717, 1.165) is 6.08 Å². The zero-order valence-corrected chi connectivity index (χ0v) is 9.34. The van der Waals surface area contributed by atoms with Crippen molar-refractivity contribution in [3.8, 4) is 5.75 Å². The monoisotopic (exact) mass is 235 g/mol. The third kappa shape index (κ3) is 4.83. The first-order valence-corrected chi connectivity index (χ1v) is 4.98. The number of ether oxygens (including phenoxy) is 1. The molecule has 0 atom stereocenters. The second kappa shape index (κ2) is 6.32. The van der Waals surface area contributed by atoms with Crippen LogP contribution in [0.3, 0.4) is 0 Å². The van der Waals surface area contributed by atoms with E-state index in [1.165, 1.54) is 13.0 Å². The molecule has 0 radical (unpaired) electrons. The SMILES string of the molecule is CC(=O)Nc1ccccc1OC/C=C/C(=O)O. The summed E-state index contributed by atoms with van der Waals surface area (Å²) in [6.07, 6.45) is 2.38. The molecular weight excluding hydrogens is 222 g/mol. The van der Waals surface area contributed by atoms with E-state index in [2.05, 4.69) is 5.32 Å². The molecule has 1 aromatic rings. The zero-order chi connectivity index (χ0) is 12.7. The van der Waals surface area contributed by atoms with Gasteiger partial charge in [-0.25, -0.2) is 4.79 Å². The van der Waals surface area contributed by atoms with Crippen LogP contribution < -0.4 is 10.1 Å². The number of rotatable bonds is 5. The Balaban J connectivity index is 2.63. The van der Waals surface area contributed by atoms with E-state index < -0.39 is 5.97 Å². The minimum atomic E-state index is -1.02. The number of carboxylic acid groups (broad SMARTS) is 1. The molecule has 0 unspecified atom stereocenters. The molecule has 1 aromatic carbocycles. The number of hydrogen-bond donors (Lipinski definition) is 2. The van der Waals surface area contributed by atoms with Gasteiger partial charge in [-0.1, -0.05) is 12.1 Å². The van der Waals surface area contributed by atoms with Crippen LogP contribution in [0.1, 0.15) is 6.92 Å². The molecule has 0 aliphatic heterocycles. The Morgan fingerprint density at radius 3 is 2.76 bits per heavy atom. The fraction of sp³-hybridized carbons (Fsp3) is 0.167. The van der Waals surface area contributed by atoms with E-state index in [-0.39, 0.29) is 12.5 Å². The maximum absolute atomic E-state index is 10.9. The summed E-state index contributed by atoms with van der Waals surface area (Å²) >= 11 is 0. The van der Waals surface area contributed by atoms with Gasteiger partial charge in [-0.15, -0.1) is 0 Å². The molecule has 1 amide bonds. The number of nitrogens with one attached hydrogen (secondary N) is 1. The third-order valence-electron chi connectivity index (χ3n) is 1.79. The molecular formula is C12H13NO4. The van der Waals surface area contributed by atoms with Crippen LogP contribution in [-0.4, -0.2) is 23.6 Å². The topological polar surface area (TPSA) is 75.6 Å². The summed E-state index contributed by atoms with van der Waals surface area (Å²) < 4.78 is 5.32. The molecule has 0 aromatic heterocycles. The Morgan fingerprint density at radius 2 is 2.12 bits per heavy atom. The van der Waals surface area contributed by atoms with E-state index >= 15 is 0 Å². The number of benzene rings is 1. The smallest absolute Gasteiger partial charge is 0.328 e. The molecule has 5 heteroatoms. The van der Waals surface area contributed by atoms with Crippen molar-refractivity contribution in [2.75, 3.05) is 11.9 Å². The summed E-state index contributed by atoms with van der Waals surface area (Å²) in [7, 11) is 0. The van der Waals surface area contributed by atoms with Gasteiger partial charge in [0.15, 0.2) is 0 Å². The Kier molecular flexibility index (Phi) is 4.75. The lowest BCUT2D eigenvalue weighted by Gasteiger charge is -2.09. The number of carbonyl (C=O) groups is 2. The highest BCUT2D eigenvalue weighted by Gasteiger charge is 2.03. The lowest BCUT2D eigenvalue weighted by molar-refractivity contribution is -0.131. The van der Waals surface area contributed by atoms with Gasteiger partial charge in [0.25, 0.3) is 0 Å². The maximum Gasteiger partial charge on any atom is 0.328 e. The molecule has 5 nitrogen and oxygen atoms in total. The number of para-hydroxylation sites is 2. The first kappa shape index (κ1) is 12.8. The standard InChI is InChI=1S/C12H13NO4/c1-9(14)13-10-5-2-3-6-11(10)17-8-4-7-12(15)16/h2-7H,8H2,1H3,(H,13,14)(H,15,16)/b7-4+. The summed E-state index contributed by atoms with van der Waals surface area (Å²) in [5.74, 6) is -0.719. The predicted molar refractivity (Wildman–Crippen MR) is 63.0 cm³/mol. The van der Waals surface area contributed by atoms with Crippen molar-refractivity contribution in [2.24, 2.45) is 0 Å². The summed E-state index contributed by atoms with van der Waals surface area (Å²) in [6.45, 7) is 1.53. The van der Waals surface area contributed by atoms with Crippen LogP contribution in [0.5, 0.6) is 5.75 Å². The van der Waals surface area contributed by atoms with Gasteiger partial charge < -0.3 is 15.2 Å². The Morgan fingerprint density at radius 1 is 1.41 bits per heavy atom. The molecule has 0 fully saturated rings. The number of carboxylic acids is 1. The molecule has 0 aliphatic rings. The highest BCUT2D eigenvalue weighted by atomic mass is 16.5. The number of hydrogen-bond acceptors (Lipinski definition) is 3. The van der Waals surface area contributed by atoms with E-state index in [4.69, 9.17) is 9.84 Å². The molecule has 0 saturated carbocycles. The summed E-state index contributed by atoms with van der Waals surface area (Å²) in [5.41, 5.74) is 0.559. The lowest BCUT2D eigenvalue weighted by Crippen LogP contribution is -2.07. The Hall–Kier alpha value is -2.30. The molecule has 0 heterocycles. The van der Waals surface area contributed by atoms with Crippen LogP contribution >= 0.6 is 0 Å². The number of aliphatic carboxylic acids is 1. The minimum absolute atomic E-state index is 0.128. The van der Waals surface area contributed by atoms with Crippen LogP contribution in [0.15, 0.2) is 36.4 Å². The summed E-state index contributed by atoms with van der Waals surface area (Å²) in [6, 6.07) is 6.93. The van der Waals surface area contributed by atoms with E-state index in [1.54, 1.807) is 24.3 Å². The third-order valence-corrected chi connectivity index (χ3v) is 1.79. The van der Waals surface area contributed by atoms with Crippen LogP contribution in [0.4, 0.5) is 5.69 Å². The first-order chi connectivity index (χ1) is 8.09. The van der Waals surface area contributed by atoms with Gasteiger partial charge >= 0.3 is 5.97 Å². The predicted octanol–water partition coefficient (Wildman–Crippen LogP) is 1.66. The van der Waals surface area contributed by atoms with Crippen LogP contribution in [0.2, 0.25) is 0 Å². The minimum Gasteiger partial charge on any atom is -0.487 e. The molecule has 0 saturated heterocycles. The van der Waals surface area contributed by atoms with Crippen molar-refractivity contribution in [1.82, 2.24) is 0 Å². The highest BCUT2D eigenvalue weighted by molar-refractivity contribution is 5.90. The van der Waals surface area contributed by atoms with Gasteiger partial charge in [0, 0.05) is 13.0 Å². The second-order valence-electron chi connectivity index (χ2n) is 3.23. The molecule has 90 valence electrons. The van der Waals surface area contributed by atoms with Crippen LogP contribution in [-0.2, 0) is 9.59 Å². The average molecular weight is 235 g/mol. The Labute approximate surface area is 98.7 Å². The average Bonchev–Trinajstić information content (AvgIpc) is 2.25. The summed E-state index contributed by atoms with van der Waals surface area (Å²) in [4.78, 5) is 21.1. The molecule has 0 spiro atoms. The maximum atomic E-state index is 10.9. The van der Waals surface area contributed by atoms with E-state index in [0.29, 0.717) is 11.4 Å². The fourth-order valence-corrected chi connectivity index (χ4v) is 1.17. The van der Waals surface area contributed by atoms with Gasteiger partial charge in [0.05, 0.1) is 5.69 Å². The van der Waals surface area contributed by atoms with Gasteiger partial charge in [-0.05, 0) is 18.2 Å². The second-order valence-corrected chi connectivity index (χ2v) is 3.23. The highest BCUT2D eigenvalue weighted by Crippen LogP contribution is 2.23. The molecule has 2 N–H and O–H groups in total. The molecule has 1 rings (SSSR count). The normalized spacial score (nSPS) is 10.2. The van der Waals surface area contributed by atoms with E-state index in [1.807, 2.05) is 0 Å². The van der Waals surface area contributed by atoms with Crippen molar-refractivity contribution in [3.05, 3.63) is 36.4 Å². The van der Waals surface area contributed by atoms with Crippen molar-refractivity contribution in [1.29, 1.82) is 0 Å². The molecule has 17 heavy (non-hydrogen) atoms. The van der Waals surface area contributed by atoms with Crippen molar-refractivity contribution >= 4 is 17.6 Å². The number of carbonyl (C=O) groups excluding carboxylic acids is 1. The van der Waals surface area contributed by atoms with Gasteiger partial charge in [-0.3, -0.25) is 4.79 Å². The molecule has 0 aliphatic carbocycles. The van der Waals surface area contributed by atoms with Crippen LogP contribution in [0, 0.1) is 0 Å². The van der Waals surface area contributed by atoms with Crippen molar-refractivity contribution in [2.45, 2.75) is 6.92 Å². The zero-order valence-electron chi connectivity index (χ0n) is 9.34. The van der Waals surface area contributed by atoms with Gasteiger partial charge in [-0.2, -0.15) is 0 Å². The first-order valence-electron chi connectivity index (χ1n) is 4.98. The van der Waals surface area contributed by atoms with Gasteiger partial charge in [0.1, 0.15) is 12.4 Å². The fourth-order valence-electron chi connectivity index (χ4n) is 1.17. The van der Waals surface area contributed by atoms with E-state index in [9.17, 15) is 9.59 Å². The van der Waals surface area contributed by atoms with Gasteiger partial charge in [0.2, 0.25) is 5.91 Å². The van der Waals surface area contributed by atoms with Crippen molar-refractivity contribution < 1.29 is 19.4 Å². The van der Waals surface area contributed by atoms with Crippen LogP contribution in [0.25, 0.3) is 0 Å². The number of amides is 1. The Bertz CT molecular complexity index is 440. The molecule has 0 bridgehead atoms. The largest absolute Gasteiger partial charge is 0.487 e.